The van der Waals surface area contributed by atoms with E-state index in [1.54, 1.807) is 7.11 Å². The third-order valence-electron chi connectivity index (χ3n) is 2.93. The fraction of sp³-hybridized carbons (Fsp3) is 0.0714. The van der Waals surface area contributed by atoms with Gasteiger partial charge in [-0.3, -0.25) is 0 Å². The van der Waals surface area contributed by atoms with Crippen molar-refractivity contribution in [2.45, 2.75) is 0 Å². The van der Waals surface area contributed by atoms with Gasteiger partial charge in [0.1, 0.15) is 5.75 Å². The van der Waals surface area contributed by atoms with Crippen LogP contribution in [0.4, 0.5) is 5.69 Å². The number of aromatic nitrogens is 1. The fourth-order valence-electron chi connectivity index (χ4n) is 2.03. The summed E-state index contributed by atoms with van der Waals surface area (Å²) in [7, 11) is 1.64. The lowest BCUT2D eigenvalue weighted by molar-refractivity contribution is 0.415. The van der Waals surface area contributed by atoms with Gasteiger partial charge in [-0.15, -0.1) is 0 Å². The highest BCUT2D eigenvalue weighted by molar-refractivity contribution is 6.06. The largest absolute Gasteiger partial charge is 0.497 e. The summed E-state index contributed by atoms with van der Waals surface area (Å²) in [4.78, 5) is 4.58. The number of ether oxygens (including phenoxy) is 1. The number of nitrogens with zero attached hydrogens (tertiary/aromatic N) is 1. The van der Waals surface area contributed by atoms with Gasteiger partial charge >= 0.3 is 0 Å². The number of hydrogen-bond acceptors (Lipinski definition) is 3. The molecule has 1 heterocycles. The van der Waals surface area contributed by atoms with Crippen LogP contribution < -0.4 is 10.5 Å². The molecule has 0 fully saturated rings. The van der Waals surface area contributed by atoms with Crippen LogP contribution in [0.15, 0.2) is 42.5 Å². The third kappa shape index (κ3) is 1.47. The second-order valence-electron chi connectivity index (χ2n) is 3.93. The van der Waals surface area contributed by atoms with Crippen LogP contribution >= 0.6 is 0 Å². The molecule has 1 aromatic heterocycles. The van der Waals surface area contributed by atoms with E-state index in [0.29, 0.717) is 0 Å². The van der Waals surface area contributed by atoms with Gasteiger partial charge in [0.25, 0.3) is 0 Å². The van der Waals surface area contributed by atoms with Crippen LogP contribution in [-0.4, -0.2) is 12.1 Å². The Balaban J connectivity index is 2.46. The number of fused-ring (bicyclic) bond motifs is 2. The van der Waals surface area contributed by atoms with Gasteiger partial charge in [-0.05, 0) is 24.3 Å². The average Bonchev–Trinajstić information content (AvgIpc) is 2.39. The maximum Gasteiger partial charge on any atom is 0.119 e. The number of para-hydroxylation sites is 1. The molecule has 0 spiro atoms. The summed E-state index contributed by atoms with van der Waals surface area (Å²) in [5.41, 5.74) is 8.75. The maximum atomic E-state index is 6.18. The van der Waals surface area contributed by atoms with Gasteiger partial charge in [0.15, 0.2) is 0 Å². The lowest BCUT2D eigenvalue weighted by Gasteiger charge is -2.07. The van der Waals surface area contributed by atoms with Crippen LogP contribution in [0, 0.1) is 0 Å². The first-order valence-electron chi connectivity index (χ1n) is 5.41. The van der Waals surface area contributed by atoms with Crippen LogP contribution in [0.25, 0.3) is 21.8 Å². The second kappa shape index (κ2) is 3.63. The number of benzene rings is 2. The normalized spacial score (nSPS) is 10.9. The molecule has 0 aliphatic carbocycles. The molecule has 0 atom stereocenters. The van der Waals surface area contributed by atoms with E-state index in [1.807, 2.05) is 42.5 Å². The van der Waals surface area contributed by atoms with Crippen molar-refractivity contribution in [3.63, 3.8) is 0 Å². The number of nitrogens with two attached hydrogens (primary N) is 1. The minimum Gasteiger partial charge on any atom is -0.497 e. The molecule has 17 heavy (non-hydrogen) atoms. The van der Waals surface area contributed by atoms with Crippen molar-refractivity contribution in [1.29, 1.82) is 0 Å². The fourth-order valence-corrected chi connectivity index (χ4v) is 2.03. The van der Waals surface area contributed by atoms with Gasteiger partial charge in [0.05, 0.1) is 23.8 Å². The number of anilines is 1. The molecule has 0 aliphatic rings. The number of rotatable bonds is 1. The van der Waals surface area contributed by atoms with E-state index in [4.69, 9.17) is 10.5 Å². The minimum absolute atomic E-state index is 0.754. The molecule has 84 valence electrons. The standard InChI is InChI=1S/C14H12N2O/c1-17-9-6-7-13-11(8-9)14(15)10-4-2-3-5-12(10)16-13/h2-8H,1H3,(H2,15,16). The predicted octanol–water partition coefficient (Wildman–Crippen LogP) is 2.98. The Bertz CT molecular complexity index is 707. The SMILES string of the molecule is COc1ccc2nc3ccccc3c(N)c2c1. The zero-order valence-electron chi connectivity index (χ0n) is 9.47. The zero-order valence-corrected chi connectivity index (χ0v) is 9.47. The molecule has 0 saturated heterocycles. The number of hydrogen-bond donors (Lipinski definition) is 1. The van der Waals surface area contributed by atoms with Crippen molar-refractivity contribution in [2.75, 3.05) is 12.8 Å². The molecule has 3 nitrogen and oxygen atoms in total. The summed E-state index contributed by atoms with van der Waals surface area (Å²) in [6.07, 6.45) is 0. The summed E-state index contributed by atoms with van der Waals surface area (Å²) in [6, 6.07) is 13.6. The van der Waals surface area contributed by atoms with Gasteiger partial charge in [-0.25, -0.2) is 4.98 Å². The number of pyridine rings is 1. The Hall–Kier alpha value is -2.29. The summed E-state index contributed by atoms with van der Waals surface area (Å²) >= 11 is 0. The number of methoxy groups -OCH3 is 1. The molecular weight excluding hydrogens is 212 g/mol. The summed E-state index contributed by atoms with van der Waals surface area (Å²) in [5, 5.41) is 1.91. The van der Waals surface area contributed by atoms with E-state index >= 15 is 0 Å². The lowest BCUT2D eigenvalue weighted by Crippen LogP contribution is -1.93. The molecule has 0 radical (unpaired) electrons. The molecule has 3 aromatic rings. The number of nitrogen functional groups attached to an aromatic ring is 1. The Kier molecular flexibility index (Phi) is 2.11. The Labute approximate surface area is 98.8 Å². The van der Waals surface area contributed by atoms with Crippen molar-refractivity contribution in [3.05, 3.63) is 42.5 Å². The molecule has 2 N–H and O–H groups in total. The minimum atomic E-state index is 0.754. The summed E-state index contributed by atoms with van der Waals surface area (Å²) < 4.78 is 5.21. The highest BCUT2D eigenvalue weighted by Gasteiger charge is 2.06. The smallest absolute Gasteiger partial charge is 0.119 e. The highest BCUT2D eigenvalue weighted by atomic mass is 16.5. The molecule has 3 rings (SSSR count). The van der Waals surface area contributed by atoms with Crippen molar-refractivity contribution >= 4 is 27.5 Å². The van der Waals surface area contributed by atoms with Crippen molar-refractivity contribution in [3.8, 4) is 5.75 Å². The Morgan fingerprint density at radius 2 is 1.76 bits per heavy atom. The highest BCUT2D eigenvalue weighted by Crippen LogP contribution is 2.30. The molecule has 0 amide bonds. The van der Waals surface area contributed by atoms with Gasteiger partial charge in [0, 0.05) is 10.8 Å². The molecule has 3 heteroatoms. The lowest BCUT2D eigenvalue weighted by atomic mass is 10.1. The molecule has 2 aromatic carbocycles. The van der Waals surface area contributed by atoms with Crippen LogP contribution in [0.2, 0.25) is 0 Å². The molecular formula is C14H12N2O. The molecule has 0 unspecified atom stereocenters. The summed E-state index contributed by atoms with van der Waals surface area (Å²) in [5.74, 6) is 0.793. The monoisotopic (exact) mass is 224 g/mol. The summed E-state index contributed by atoms with van der Waals surface area (Å²) in [6.45, 7) is 0. The second-order valence-corrected chi connectivity index (χ2v) is 3.93. The van der Waals surface area contributed by atoms with E-state index in [2.05, 4.69) is 4.98 Å². The van der Waals surface area contributed by atoms with Crippen LogP contribution in [-0.2, 0) is 0 Å². The van der Waals surface area contributed by atoms with Crippen LogP contribution in [0.5, 0.6) is 5.75 Å². The molecule has 0 saturated carbocycles. The first kappa shape index (κ1) is 9.90. The first-order chi connectivity index (χ1) is 8.29. The molecule has 0 bridgehead atoms. The Morgan fingerprint density at radius 3 is 2.59 bits per heavy atom. The third-order valence-corrected chi connectivity index (χ3v) is 2.93. The van der Waals surface area contributed by atoms with Gasteiger partial charge < -0.3 is 10.5 Å². The predicted molar refractivity (Wildman–Crippen MR) is 70.2 cm³/mol. The average molecular weight is 224 g/mol. The Morgan fingerprint density at radius 1 is 1.00 bits per heavy atom. The van der Waals surface area contributed by atoms with Crippen molar-refractivity contribution < 1.29 is 4.74 Å². The maximum absolute atomic E-state index is 6.18. The van der Waals surface area contributed by atoms with Gasteiger partial charge in [-0.1, -0.05) is 18.2 Å². The van der Waals surface area contributed by atoms with E-state index in [0.717, 1.165) is 33.2 Å². The van der Waals surface area contributed by atoms with Gasteiger partial charge in [0.2, 0.25) is 0 Å². The quantitative estimate of drug-likeness (QED) is 0.646. The van der Waals surface area contributed by atoms with Crippen LogP contribution in [0.1, 0.15) is 0 Å². The van der Waals surface area contributed by atoms with Crippen molar-refractivity contribution in [1.82, 2.24) is 4.98 Å². The van der Waals surface area contributed by atoms with Crippen LogP contribution in [0.3, 0.4) is 0 Å². The van der Waals surface area contributed by atoms with E-state index < -0.39 is 0 Å². The molecule has 0 aliphatic heterocycles. The van der Waals surface area contributed by atoms with Gasteiger partial charge in [-0.2, -0.15) is 0 Å². The van der Waals surface area contributed by atoms with E-state index in [1.165, 1.54) is 0 Å². The van der Waals surface area contributed by atoms with Crippen molar-refractivity contribution in [2.24, 2.45) is 0 Å². The van der Waals surface area contributed by atoms with E-state index in [-0.39, 0.29) is 0 Å². The first-order valence-corrected chi connectivity index (χ1v) is 5.41. The topological polar surface area (TPSA) is 48.1 Å². The zero-order chi connectivity index (χ0) is 11.8. The van der Waals surface area contributed by atoms with E-state index in [9.17, 15) is 0 Å².